The Kier molecular flexibility index (Phi) is 5.67. The van der Waals surface area contributed by atoms with Crippen LogP contribution in [0.25, 0.3) is 11.3 Å². The predicted octanol–water partition coefficient (Wildman–Crippen LogP) is 4.94. The Hall–Kier alpha value is -3.01. The minimum absolute atomic E-state index is 0.0543. The standard InChI is InChI=1S/C20H18F3N5OS/c21-20(22,23)30-15-5-3-14(4-6-15)26-19(29)13-11-16(17-7-8-25-27-17)18(24-12-13)28-9-1-2-10-28/h3-8,11-12H,1-2,9-10H2,(H,25,27)(H,26,29). The molecular formula is C20H18F3N5OS. The molecule has 1 aromatic carbocycles. The van der Waals surface area contributed by atoms with Crippen LogP contribution < -0.4 is 10.2 Å². The number of thioether (sulfide) groups is 1. The van der Waals surface area contributed by atoms with E-state index in [2.05, 4.69) is 25.4 Å². The largest absolute Gasteiger partial charge is 0.446 e. The van der Waals surface area contributed by atoms with E-state index in [4.69, 9.17) is 0 Å². The monoisotopic (exact) mass is 433 g/mol. The minimum atomic E-state index is -4.35. The molecule has 0 aliphatic carbocycles. The van der Waals surface area contributed by atoms with Crippen molar-refractivity contribution in [2.45, 2.75) is 23.2 Å². The quantitative estimate of drug-likeness (QED) is 0.558. The van der Waals surface area contributed by atoms with Gasteiger partial charge < -0.3 is 10.2 Å². The zero-order chi connectivity index (χ0) is 21.1. The number of benzene rings is 1. The van der Waals surface area contributed by atoms with Crippen LogP contribution >= 0.6 is 11.8 Å². The number of hydrogen-bond acceptors (Lipinski definition) is 5. The molecule has 10 heteroatoms. The molecule has 0 radical (unpaired) electrons. The summed E-state index contributed by atoms with van der Waals surface area (Å²) >= 11 is -0.198. The van der Waals surface area contributed by atoms with Crippen molar-refractivity contribution in [3.8, 4) is 11.3 Å². The van der Waals surface area contributed by atoms with E-state index in [0.29, 0.717) is 11.3 Å². The van der Waals surface area contributed by atoms with Crippen LogP contribution in [0.2, 0.25) is 0 Å². The van der Waals surface area contributed by atoms with E-state index in [9.17, 15) is 18.0 Å². The van der Waals surface area contributed by atoms with E-state index in [1.54, 1.807) is 12.3 Å². The fraction of sp³-hybridized carbons (Fsp3) is 0.250. The summed E-state index contributed by atoms with van der Waals surface area (Å²) in [5, 5.41) is 9.60. The van der Waals surface area contributed by atoms with Crippen LogP contribution in [0.15, 0.2) is 53.7 Å². The lowest BCUT2D eigenvalue weighted by Gasteiger charge is -2.20. The number of pyridine rings is 1. The highest BCUT2D eigenvalue weighted by Gasteiger charge is 2.29. The third-order valence-electron chi connectivity index (χ3n) is 4.67. The molecule has 30 heavy (non-hydrogen) atoms. The van der Waals surface area contributed by atoms with Crippen LogP contribution in [0.5, 0.6) is 0 Å². The molecule has 0 unspecified atom stereocenters. The maximum atomic E-state index is 12.7. The zero-order valence-electron chi connectivity index (χ0n) is 15.7. The molecule has 2 aromatic heterocycles. The normalized spacial score (nSPS) is 14.2. The molecule has 0 saturated carbocycles. The summed E-state index contributed by atoms with van der Waals surface area (Å²) in [7, 11) is 0. The predicted molar refractivity (Wildman–Crippen MR) is 110 cm³/mol. The highest BCUT2D eigenvalue weighted by molar-refractivity contribution is 8.00. The van der Waals surface area contributed by atoms with Gasteiger partial charge in [-0.1, -0.05) is 0 Å². The number of alkyl halides is 3. The summed E-state index contributed by atoms with van der Waals surface area (Å²) in [6, 6.07) is 9.07. The number of nitrogens with one attached hydrogen (secondary N) is 2. The Bertz CT molecular complexity index is 1020. The molecular weight excluding hydrogens is 415 g/mol. The summed E-state index contributed by atoms with van der Waals surface area (Å²) in [6.07, 6.45) is 5.33. The zero-order valence-corrected chi connectivity index (χ0v) is 16.6. The summed E-state index contributed by atoms with van der Waals surface area (Å²) in [5.74, 6) is 0.397. The number of carbonyl (C=O) groups is 1. The van der Waals surface area contributed by atoms with E-state index < -0.39 is 11.4 Å². The van der Waals surface area contributed by atoms with Gasteiger partial charge in [0, 0.05) is 41.6 Å². The van der Waals surface area contributed by atoms with Crippen LogP contribution in [-0.4, -0.2) is 39.7 Å². The lowest BCUT2D eigenvalue weighted by Crippen LogP contribution is -2.21. The highest BCUT2D eigenvalue weighted by Crippen LogP contribution is 2.37. The van der Waals surface area contributed by atoms with Crippen molar-refractivity contribution in [1.82, 2.24) is 15.2 Å². The number of nitrogens with zero attached hydrogens (tertiary/aromatic N) is 3. The van der Waals surface area contributed by atoms with E-state index in [1.165, 1.54) is 30.5 Å². The Balaban J connectivity index is 1.55. The first kappa shape index (κ1) is 20.3. The lowest BCUT2D eigenvalue weighted by atomic mass is 10.1. The molecule has 6 nitrogen and oxygen atoms in total. The number of rotatable bonds is 5. The van der Waals surface area contributed by atoms with Gasteiger partial charge in [-0.25, -0.2) is 4.98 Å². The molecule has 156 valence electrons. The number of carbonyl (C=O) groups excluding carboxylic acids is 1. The van der Waals surface area contributed by atoms with Crippen LogP contribution in [0.3, 0.4) is 0 Å². The number of anilines is 2. The van der Waals surface area contributed by atoms with Gasteiger partial charge in [-0.3, -0.25) is 9.89 Å². The lowest BCUT2D eigenvalue weighted by molar-refractivity contribution is -0.0328. The van der Waals surface area contributed by atoms with E-state index in [1.807, 2.05) is 6.07 Å². The van der Waals surface area contributed by atoms with Crippen LogP contribution in [0, 0.1) is 0 Å². The number of aromatic amines is 1. The molecule has 4 rings (SSSR count). The van der Waals surface area contributed by atoms with Gasteiger partial charge in [-0.2, -0.15) is 18.3 Å². The van der Waals surface area contributed by atoms with Gasteiger partial charge in [-0.15, -0.1) is 0 Å². The first-order valence-corrected chi connectivity index (χ1v) is 10.1. The van der Waals surface area contributed by atoms with Crippen molar-refractivity contribution in [2.24, 2.45) is 0 Å². The summed E-state index contributed by atoms with van der Waals surface area (Å²) < 4.78 is 37.3. The Morgan fingerprint density at radius 2 is 1.87 bits per heavy atom. The maximum Gasteiger partial charge on any atom is 0.446 e. The number of H-pyrrole nitrogens is 1. The van der Waals surface area contributed by atoms with E-state index in [-0.39, 0.29) is 16.7 Å². The molecule has 0 atom stereocenters. The van der Waals surface area contributed by atoms with Crippen LogP contribution in [0.4, 0.5) is 24.7 Å². The smallest absolute Gasteiger partial charge is 0.356 e. The fourth-order valence-electron chi connectivity index (χ4n) is 3.31. The number of hydrogen-bond donors (Lipinski definition) is 2. The van der Waals surface area contributed by atoms with Crippen molar-refractivity contribution >= 4 is 29.2 Å². The van der Waals surface area contributed by atoms with Gasteiger partial charge in [0.05, 0.1) is 11.3 Å². The fourth-order valence-corrected chi connectivity index (χ4v) is 3.85. The first-order valence-electron chi connectivity index (χ1n) is 9.31. The van der Waals surface area contributed by atoms with Crippen molar-refractivity contribution in [3.05, 3.63) is 54.4 Å². The molecule has 1 fully saturated rings. The molecule has 1 aliphatic heterocycles. The topological polar surface area (TPSA) is 73.9 Å². The average molecular weight is 433 g/mol. The minimum Gasteiger partial charge on any atom is -0.356 e. The van der Waals surface area contributed by atoms with Gasteiger partial charge >= 0.3 is 5.51 Å². The third kappa shape index (κ3) is 4.76. The molecule has 2 N–H and O–H groups in total. The number of aromatic nitrogens is 3. The molecule has 3 aromatic rings. The van der Waals surface area contributed by atoms with Crippen molar-refractivity contribution < 1.29 is 18.0 Å². The van der Waals surface area contributed by atoms with Gasteiger partial charge in [-0.05, 0) is 61.0 Å². The molecule has 3 heterocycles. The van der Waals surface area contributed by atoms with Crippen LogP contribution in [-0.2, 0) is 0 Å². The van der Waals surface area contributed by atoms with Crippen molar-refractivity contribution in [1.29, 1.82) is 0 Å². The highest BCUT2D eigenvalue weighted by atomic mass is 32.2. The number of amides is 1. The first-order chi connectivity index (χ1) is 14.4. The second-order valence-corrected chi connectivity index (χ2v) is 7.92. The summed E-state index contributed by atoms with van der Waals surface area (Å²) in [5.41, 5.74) is -2.07. The van der Waals surface area contributed by atoms with Crippen LogP contribution in [0.1, 0.15) is 23.2 Å². The molecule has 1 amide bonds. The average Bonchev–Trinajstić information content (AvgIpc) is 3.42. The van der Waals surface area contributed by atoms with Crippen molar-refractivity contribution in [3.63, 3.8) is 0 Å². The second kappa shape index (κ2) is 8.39. The molecule has 1 saturated heterocycles. The number of halogens is 3. The van der Waals surface area contributed by atoms with Gasteiger partial charge in [0.15, 0.2) is 0 Å². The molecule has 0 bridgehead atoms. The molecule has 1 aliphatic rings. The van der Waals surface area contributed by atoms with Gasteiger partial charge in [0.25, 0.3) is 5.91 Å². The molecule has 0 spiro atoms. The third-order valence-corrected chi connectivity index (χ3v) is 5.41. The van der Waals surface area contributed by atoms with Gasteiger partial charge in [0.2, 0.25) is 0 Å². The Morgan fingerprint density at radius 1 is 1.13 bits per heavy atom. The van der Waals surface area contributed by atoms with E-state index in [0.717, 1.165) is 43.0 Å². The summed E-state index contributed by atoms with van der Waals surface area (Å²) in [4.78, 5) is 19.5. The Labute approximate surface area is 174 Å². The SMILES string of the molecule is O=C(Nc1ccc(SC(F)(F)F)cc1)c1cnc(N2CCCC2)c(-c2ccn[nH]2)c1. The summed E-state index contributed by atoms with van der Waals surface area (Å²) in [6.45, 7) is 1.81. The maximum absolute atomic E-state index is 12.7. The van der Waals surface area contributed by atoms with Gasteiger partial charge in [0.1, 0.15) is 5.82 Å². The van der Waals surface area contributed by atoms with Crippen molar-refractivity contribution in [2.75, 3.05) is 23.3 Å². The Morgan fingerprint density at radius 3 is 2.50 bits per heavy atom. The van der Waals surface area contributed by atoms with E-state index >= 15 is 0 Å². The second-order valence-electron chi connectivity index (χ2n) is 6.79.